The molecule has 17 heavy (non-hydrogen) atoms. The number of carboxylic acid groups (broad SMARTS) is 1. The van der Waals surface area contributed by atoms with Crippen molar-refractivity contribution < 1.29 is 19.4 Å². The highest BCUT2D eigenvalue weighted by Crippen LogP contribution is 2.19. The number of pyridine rings is 1. The normalized spacial score (nSPS) is 10.8. The van der Waals surface area contributed by atoms with E-state index in [1.165, 1.54) is 0 Å². The van der Waals surface area contributed by atoms with Crippen LogP contribution < -0.4 is 0 Å². The fourth-order valence-corrected chi connectivity index (χ4v) is 1.44. The third kappa shape index (κ3) is 4.50. The van der Waals surface area contributed by atoms with Gasteiger partial charge in [0.05, 0.1) is 12.1 Å². The van der Waals surface area contributed by atoms with Crippen LogP contribution in [0.4, 0.5) is 0 Å². The van der Waals surface area contributed by atoms with Crippen LogP contribution in [0.2, 0.25) is 0 Å². The molecule has 1 aromatic heterocycles. The zero-order valence-corrected chi connectivity index (χ0v) is 10.0. The lowest BCUT2D eigenvalue weighted by Gasteiger charge is -2.17. The van der Waals surface area contributed by atoms with E-state index in [2.05, 4.69) is 4.98 Å². The minimum atomic E-state index is -0.904. The van der Waals surface area contributed by atoms with Crippen LogP contribution in [0.15, 0.2) is 18.3 Å². The molecule has 1 heterocycles. The van der Waals surface area contributed by atoms with Crippen LogP contribution in [-0.2, 0) is 20.7 Å². The van der Waals surface area contributed by atoms with Gasteiger partial charge in [0.2, 0.25) is 0 Å². The summed E-state index contributed by atoms with van der Waals surface area (Å²) in [4.78, 5) is 14.6. The number of carboxylic acids is 1. The van der Waals surface area contributed by atoms with Crippen molar-refractivity contribution in [3.8, 4) is 0 Å². The van der Waals surface area contributed by atoms with E-state index in [9.17, 15) is 4.79 Å². The number of ether oxygens (including phenoxy) is 2. The topological polar surface area (TPSA) is 68.7 Å². The first-order chi connectivity index (χ1) is 8.17. The maximum absolute atomic E-state index is 10.6. The SMILES string of the molecule is CCOC(OCC)c1ccnc(CC(=O)O)c1. The summed E-state index contributed by atoms with van der Waals surface area (Å²) in [7, 11) is 0. The van der Waals surface area contributed by atoms with Gasteiger partial charge in [-0.05, 0) is 26.0 Å². The molecule has 1 aromatic rings. The van der Waals surface area contributed by atoms with E-state index >= 15 is 0 Å². The van der Waals surface area contributed by atoms with Crippen molar-refractivity contribution >= 4 is 5.97 Å². The Bertz CT molecular complexity index is 361. The monoisotopic (exact) mass is 239 g/mol. The van der Waals surface area contributed by atoms with Crippen LogP contribution in [0.3, 0.4) is 0 Å². The van der Waals surface area contributed by atoms with E-state index in [-0.39, 0.29) is 6.42 Å². The van der Waals surface area contributed by atoms with Crippen LogP contribution in [0, 0.1) is 0 Å². The maximum Gasteiger partial charge on any atom is 0.309 e. The number of rotatable bonds is 7. The molecule has 0 aliphatic rings. The quantitative estimate of drug-likeness (QED) is 0.734. The molecule has 0 atom stereocenters. The highest BCUT2D eigenvalue weighted by Gasteiger charge is 2.12. The van der Waals surface area contributed by atoms with Gasteiger partial charge in [-0.1, -0.05) is 0 Å². The highest BCUT2D eigenvalue weighted by molar-refractivity contribution is 5.69. The fraction of sp³-hybridized carbons (Fsp3) is 0.500. The Morgan fingerprint density at radius 2 is 2.06 bits per heavy atom. The molecule has 0 spiro atoms. The number of aromatic nitrogens is 1. The smallest absolute Gasteiger partial charge is 0.309 e. The molecule has 0 fully saturated rings. The van der Waals surface area contributed by atoms with Gasteiger partial charge in [-0.3, -0.25) is 9.78 Å². The number of hydrogen-bond acceptors (Lipinski definition) is 4. The van der Waals surface area contributed by atoms with Crippen LogP contribution in [0.1, 0.15) is 31.4 Å². The molecular formula is C12H17NO4. The molecule has 1 rings (SSSR count). The van der Waals surface area contributed by atoms with E-state index in [1.807, 2.05) is 13.8 Å². The van der Waals surface area contributed by atoms with Crippen LogP contribution in [0.5, 0.6) is 0 Å². The summed E-state index contributed by atoms with van der Waals surface area (Å²) in [5.41, 5.74) is 1.29. The lowest BCUT2D eigenvalue weighted by Crippen LogP contribution is -2.10. The van der Waals surface area contributed by atoms with Gasteiger partial charge >= 0.3 is 5.97 Å². The van der Waals surface area contributed by atoms with Crippen molar-refractivity contribution in [1.29, 1.82) is 0 Å². The first kappa shape index (κ1) is 13.6. The lowest BCUT2D eigenvalue weighted by molar-refractivity contribution is -0.140. The number of aliphatic carboxylic acids is 1. The molecule has 0 amide bonds. The molecule has 0 aromatic carbocycles. The summed E-state index contributed by atoms with van der Waals surface area (Å²) < 4.78 is 10.9. The van der Waals surface area contributed by atoms with E-state index in [1.54, 1.807) is 18.3 Å². The average molecular weight is 239 g/mol. The molecule has 0 aliphatic carbocycles. The second kappa shape index (κ2) is 6.98. The second-order valence-corrected chi connectivity index (χ2v) is 3.39. The summed E-state index contributed by atoms with van der Waals surface area (Å²) in [6, 6.07) is 3.46. The Morgan fingerprint density at radius 3 is 2.59 bits per heavy atom. The van der Waals surface area contributed by atoms with Crippen LogP contribution in [-0.4, -0.2) is 29.3 Å². The van der Waals surface area contributed by atoms with Crippen LogP contribution >= 0.6 is 0 Å². The van der Waals surface area contributed by atoms with Crippen molar-refractivity contribution in [2.45, 2.75) is 26.6 Å². The van der Waals surface area contributed by atoms with Gasteiger partial charge in [0.15, 0.2) is 6.29 Å². The Morgan fingerprint density at radius 1 is 1.41 bits per heavy atom. The van der Waals surface area contributed by atoms with Gasteiger partial charge in [0.1, 0.15) is 0 Å². The van der Waals surface area contributed by atoms with Gasteiger partial charge in [-0.25, -0.2) is 0 Å². The van der Waals surface area contributed by atoms with Crippen LogP contribution in [0.25, 0.3) is 0 Å². The van der Waals surface area contributed by atoms with Crippen molar-refractivity contribution in [3.05, 3.63) is 29.6 Å². The third-order valence-corrected chi connectivity index (χ3v) is 2.08. The Labute approximate surface area is 100 Å². The average Bonchev–Trinajstić information content (AvgIpc) is 2.28. The summed E-state index contributed by atoms with van der Waals surface area (Å²) >= 11 is 0. The standard InChI is InChI=1S/C12H17NO4/c1-3-16-12(17-4-2)9-5-6-13-10(7-9)8-11(14)15/h5-7,12H,3-4,8H2,1-2H3,(H,14,15). The molecule has 0 radical (unpaired) electrons. The van der Waals surface area contributed by atoms with E-state index in [0.717, 1.165) is 5.56 Å². The van der Waals surface area contributed by atoms with Crippen molar-refractivity contribution in [1.82, 2.24) is 4.98 Å². The zero-order chi connectivity index (χ0) is 12.7. The van der Waals surface area contributed by atoms with Crippen molar-refractivity contribution in [3.63, 3.8) is 0 Å². The minimum absolute atomic E-state index is 0.0984. The van der Waals surface area contributed by atoms with E-state index in [4.69, 9.17) is 14.6 Å². The molecule has 1 N–H and O–H groups in total. The molecule has 94 valence electrons. The molecule has 0 bridgehead atoms. The molecule has 0 aliphatic heterocycles. The minimum Gasteiger partial charge on any atom is -0.481 e. The van der Waals surface area contributed by atoms with Crippen molar-refractivity contribution in [2.24, 2.45) is 0 Å². The largest absolute Gasteiger partial charge is 0.481 e. The molecule has 0 saturated heterocycles. The second-order valence-electron chi connectivity index (χ2n) is 3.39. The zero-order valence-electron chi connectivity index (χ0n) is 10.0. The van der Waals surface area contributed by atoms with Gasteiger partial charge in [-0.15, -0.1) is 0 Å². The summed E-state index contributed by atoms with van der Waals surface area (Å²) in [6.45, 7) is 4.82. The Balaban J connectivity index is 2.83. The fourth-order valence-electron chi connectivity index (χ4n) is 1.44. The molecule has 0 saturated carbocycles. The maximum atomic E-state index is 10.6. The highest BCUT2D eigenvalue weighted by atomic mass is 16.7. The molecule has 0 unspecified atom stereocenters. The van der Waals surface area contributed by atoms with Gasteiger partial charge in [-0.2, -0.15) is 0 Å². The van der Waals surface area contributed by atoms with Gasteiger partial charge in [0.25, 0.3) is 0 Å². The van der Waals surface area contributed by atoms with Gasteiger partial charge < -0.3 is 14.6 Å². The molecule has 5 heteroatoms. The third-order valence-electron chi connectivity index (χ3n) is 2.08. The molecular weight excluding hydrogens is 222 g/mol. The van der Waals surface area contributed by atoms with E-state index in [0.29, 0.717) is 18.9 Å². The number of carbonyl (C=O) groups is 1. The Hall–Kier alpha value is -1.46. The van der Waals surface area contributed by atoms with E-state index < -0.39 is 12.3 Å². The first-order valence-corrected chi connectivity index (χ1v) is 5.57. The van der Waals surface area contributed by atoms with Crippen molar-refractivity contribution in [2.75, 3.05) is 13.2 Å². The van der Waals surface area contributed by atoms with Gasteiger partial charge in [0, 0.05) is 25.0 Å². The predicted octanol–water partition coefficient (Wildman–Crippen LogP) is 1.78. The molecule has 5 nitrogen and oxygen atoms in total. The summed E-state index contributed by atoms with van der Waals surface area (Å²) in [6.07, 6.45) is 1.01. The number of nitrogens with zero attached hydrogens (tertiary/aromatic N) is 1. The first-order valence-electron chi connectivity index (χ1n) is 5.57. The predicted molar refractivity (Wildman–Crippen MR) is 61.6 cm³/mol. The Kier molecular flexibility index (Phi) is 5.59. The summed E-state index contributed by atoms with van der Waals surface area (Å²) in [5, 5.41) is 8.70. The summed E-state index contributed by atoms with van der Waals surface area (Å²) in [5.74, 6) is -0.904. The number of hydrogen-bond donors (Lipinski definition) is 1. The lowest BCUT2D eigenvalue weighted by atomic mass is 10.2.